The first kappa shape index (κ1) is 22.8. The lowest BCUT2D eigenvalue weighted by Gasteiger charge is -2.36. The molecule has 5 aromatic rings. The van der Waals surface area contributed by atoms with Crippen LogP contribution in [0.3, 0.4) is 0 Å². The first-order chi connectivity index (χ1) is 17.7. The van der Waals surface area contributed by atoms with E-state index in [2.05, 4.69) is 50.8 Å². The van der Waals surface area contributed by atoms with E-state index in [9.17, 15) is 0 Å². The zero-order chi connectivity index (χ0) is 24.3. The molecule has 1 aliphatic rings. The second-order valence-electron chi connectivity index (χ2n) is 8.04. The monoisotopic (exact) mass is 531 g/mol. The molecule has 4 aromatic heterocycles. The molecule has 0 spiro atoms. The highest BCUT2D eigenvalue weighted by molar-refractivity contribution is 8.00. The highest BCUT2D eigenvalue weighted by Gasteiger charge is 2.23. The Morgan fingerprint density at radius 2 is 1.67 bits per heavy atom. The number of fused-ring (bicyclic) bond motifs is 3. The largest absolute Gasteiger partial charge is 0.352 e. The van der Waals surface area contributed by atoms with Gasteiger partial charge in [-0.2, -0.15) is 0 Å². The first-order valence-corrected chi connectivity index (χ1v) is 13.4. The highest BCUT2D eigenvalue weighted by Crippen LogP contribution is 2.36. The predicted octanol–water partition coefficient (Wildman–Crippen LogP) is 4.67. The van der Waals surface area contributed by atoms with Gasteiger partial charge in [-0.1, -0.05) is 0 Å². The third-order valence-electron chi connectivity index (χ3n) is 5.81. The Bertz CT molecular complexity index is 1500. The van der Waals surface area contributed by atoms with Crippen molar-refractivity contribution < 1.29 is 0 Å². The molecule has 6 rings (SSSR count). The summed E-state index contributed by atoms with van der Waals surface area (Å²) in [5.74, 6) is 1.56. The van der Waals surface area contributed by atoms with Gasteiger partial charge >= 0.3 is 0 Å². The van der Waals surface area contributed by atoms with E-state index in [4.69, 9.17) is 12.2 Å². The molecule has 0 amide bonds. The van der Waals surface area contributed by atoms with Gasteiger partial charge < -0.3 is 15.1 Å². The minimum absolute atomic E-state index is 0.580. The number of nitrogens with zero attached hydrogens (tertiary/aromatic N) is 7. The van der Waals surface area contributed by atoms with Crippen LogP contribution in [0.15, 0.2) is 72.3 Å². The minimum Gasteiger partial charge on any atom is -0.352 e. The second kappa shape index (κ2) is 10.2. The Labute approximate surface area is 221 Å². The summed E-state index contributed by atoms with van der Waals surface area (Å²) < 4.78 is 4.22. The number of piperazine rings is 1. The van der Waals surface area contributed by atoms with E-state index in [1.54, 1.807) is 36.1 Å². The first-order valence-electron chi connectivity index (χ1n) is 11.3. The van der Waals surface area contributed by atoms with Crippen LogP contribution >= 0.6 is 35.5 Å². The van der Waals surface area contributed by atoms with Gasteiger partial charge in [-0.25, -0.2) is 24.9 Å². The standard InChI is InChI=1S/C24H21N9S3/c34-24(30-16-4-6-17(7-5-16)36-31-23-26-9-2-10-27-23)33-13-11-32(12-14-33)21-20-19(28-15-29-21)18-3-1-8-25-22(18)35-20/h1-10,15H,11-14H2,(H,30,34)(H,26,27,31). The summed E-state index contributed by atoms with van der Waals surface area (Å²) in [4.78, 5) is 28.5. The van der Waals surface area contributed by atoms with E-state index in [-0.39, 0.29) is 0 Å². The van der Waals surface area contributed by atoms with Crippen LogP contribution in [0.5, 0.6) is 0 Å². The van der Waals surface area contributed by atoms with Gasteiger partial charge in [-0.15, -0.1) is 11.3 Å². The molecule has 1 saturated heterocycles. The smallest absolute Gasteiger partial charge is 0.233 e. The van der Waals surface area contributed by atoms with E-state index in [0.717, 1.165) is 68.1 Å². The molecule has 5 heterocycles. The fourth-order valence-corrected chi connectivity index (χ4v) is 6.01. The number of thiocarbonyl (C=S) groups is 1. The van der Waals surface area contributed by atoms with Gasteiger partial charge in [-0.3, -0.25) is 4.72 Å². The van der Waals surface area contributed by atoms with Crippen LogP contribution in [-0.2, 0) is 0 Å². The molecule has 2 N–H and O–H groups in total. The molecule has 1 aromatic carbocycles. The average molecular weight is 532 g/mol. The predicted molar refractivity (Wildman–Crippen MR) is 151 cm³/mol. The second-order valence-corrected chi connectivity index (χ2v) is 10.3. The number of aromatic nitrogens is 5. The van der Waals surface area contributed by atoms with E-state index in [1.807, 2.05) is 36.5 Å². The molecule has 0 radical (unpaired) electrons. The fraction of sp³-hybridized carbons (Fsp3) is 0.167. The number of rotatable bonds is 5. The van der Waals surface area contributed by atoms with Crippen LogP contribution in [0.2, 0.25) is 0 Å². The number of hydrogen-bond donors (Lipinski definition) is 2. The van der Waals surface area contributed by atoms with Crippen LogP contribution in [0.25, 0.3) is 20.4 Å². The molecule has 1 fully saturated rings. The maximum atomic E-state index is 5.71. The average Bonchev–Trinajstić information content (AvgIpc) is 3.32. The summed E-state index contributed by atoms with van der Waals surface area (Å²) in [6.07, 6.45) is 6.89. The van der Waals surface area contributed by atoms with Crippen LogP contribution in [0.1, 0.15) is 0 Å². The molecular weight excluding hydrogens is 511 g/mol. The molecule has 9 nitrogen and oxygen atoms in total. The molecule has 0 atom stereocenters. The Balaban J connectivity index is 1.06. The lowest BCUT2D eigenvalue weighted by molar-refractivity contribution is 0.390. The van der Waals surface area contributed by atoms with Crippen LogP contribution in [0, 0.1) is 0 Å². The molecule has 0 aliphatic carbocycles. The Morgan fingerprint density at radius 3 is 2.47 bits per heavy atom. The van der Waals surface area contributed by atoms with Gasteiger partial charge in [-0.05, 0) is 66.6 Å². The molecule has 0 bridgehead atoms. The number of hydrogen-bond acceptors (Lipinski definition) is 10. The van der Waals surface area contributed by atoms with Crippen LogP contribution in [-0.4, -0.2) is 61.1 Å². The summed E-state index contributed by atoms with van der Waals surface area (Å²) in [5.41, 5.74) is 1.93. The van der Waals surface area contributed by atoms with Crippen molar-refractivity contribution in [2.75, 3.05) is 41.1 Å². The topological polar surface area (TPSA) is 95.0 Å². The third-order valence-corrected chi connectivity index (χ3v) is 8.06. The summed E-state index contributed by atoms with van der Waals surface area (Å²) in [5, 5.41) is 5.18. The molecular formula is C24H21N9S3. The van der Waals surface area contributed by atoms with E-state index < -0.39 is 0 Å². The van der Waals surface area contributed by atoms with Crippen LogP contribution in [0.4, 0.5) is 17.5 Å². The quantitative estimate of drug-likeness (QED) is 0.245. The molecule has 1 aliphatic heterocycles. The Morgan fingerprint density at radius 1 is 0.889 bits per heavy atom. The van der Waals surface area contributed by atoms with Gasteiger partial charge in [0.15, 0.2) is 5.11 Å². The number of anilines is 3. The third kappa shape index (κ3) is 4.74. The number of thiophene rings is 1. The molecule has 180 valence electrons. The minimum atomic E-state index is 0.580. The van der Waals surface area contributed by atoms with Crippen LogP contribution < -0.4 is 14.9 Å². The maximum absolute atomic E-state index is 5.71. The van der Waals surface area contributed by atoms with Gasteiger partial charge in [0, 0.05) is 60.7 Å². The van der Waals surface area contributed by atoms with Crippen molar-refractivity contribution in [3.63, 3.8) is 0 Å². The lowest BCUT2D eigenvalue weighted by atomic mass is 10.2. The van der Waals surface area contributed by atoms with Gasteiger partial charge in [0.1, 0.15) is 17.0 Å². The van der Waals surface area contributed by atoms with Crippen molar-refractivity contribution in [1.82, 2.24) is 29.8 Å². The SMILES string of the molecule is S=C(Nc1ccc(SNc2ncccn2)cc1)N1CCN(c2ncnc3c2sc2ncccc23)CC1. The molecule has 36 heavy (non-hydrogen) atoms. The van der Waals surface area contributed by atoms with Crippen molar-refractivity contribution >= 4 is 78.5 Å². The van der Waals surface area contributed by atoms with E-state index in [1.165, 1.54) is 11.9 Å². The highest BCUT2D eigenvalue weighted by atomic mass is 32.2. The summed E-state index contributed by atoms with van der Waals surface area (Å²) in [6.45, 7) is 3.29. The van der Waals surface area contributed by atoms with Gasteiger partial charge in [0.2, 0.25) is 5.95 Å². The molecule has 12 heteroatoms. The number of pyridine rings is 1. The van der Waals surface area contributed by atoms with Crippen molar-refractivity contribution in [2.24, 2.45) is 0 Å². The number of benzene rings is 1. The van der Waals surface area contributed by atoms with Crippen molar-refractivity contribution in [1.29, 1.82) is 0 Å². The Hall–Kier alpha value is -3.61. The fourth-order valence-electron chi connectivity index (χ4n) is 4.01. The summed E-state index contributed by atoms with van der Waals surface area (Å²) >= 11 is 8.83. The summed E-state index contributed by atoms with van der Waals surface area (Å²) in [6, 6.07) is 13.9. The zero-order valence-corrected chi connectivity index (χ0v) is 21.5. The van der Waals surface area contributed by atoms with E-state index in [0.29, 0.717) is 5.95 Å². The molecule has 0 unspecified atom stereocenters. The Kier molecular flexibility index (Phi) is 6.45. The van der Waals surface area contributed by atoms with Crippen molar-refractivity contribution in [3.05, 3.63) is 67.4 Å². The zero-order valence-electron chi connectivity index (χ0n) is 19.0. The number of nitrogens with one attached hydrogen (secondary N) is 2. The van der Waals surface area contributed by atoms with Crippen molar-refractivity contribution in [3.8, 4) is 0 Å². The van der Waals surface area contributed by atoms with Gasteiger partial charge in [0.05, 0.1) is 10.2 Å². The van der Waals surface area contributed by atoms with Gasteiger partial charge in [0.25, 0.3) is 0 Å². The molecule has 0 saturated carbocycles. The van der Waals surface area contributed by atoms with E-state index >= 15 is 0 Å². The summed E-state index contributed by atoms with van der Waals surface area (Å²) in [7, 11) is 0. The lowest BCUT2D eigenvalue weighted by Crippen LogP contribution is -2.50. The maximum Gasteiger partial charge on any atom is 0.233 e. The van der Waals surface area contributed by atoms with Crippen molar-refractivity contribution in [2.45, 2.75) is 4.90 Å². The normalized spacial score (nSPS) is 13.8.